The highest BCUT2D eigenvalue weighted by molar-refractivity contribution is 5.97. The number of carbonyl (C=O) groups is 2. The highest BCUT2D eigenvalue weighted by atomic mass is 16.5. The summed E-state index contributed by atoms with van der Waals surface area (Å²) in [5.74, 6) is 0.264. The molecule has 1 atom stereocenters. The number of ether oxygens (including phenoxy) is 1. The summed E-state index contributed by atoms with van der Waals surface area (Å²) < 4.78 is 5.87. The van der Waals surface area contributed by atoms with E-state index in [1.54, 1.807) is 0 Å². The second-order valence-corrected chi connectivity index (χ2v) is 11.2. The van der Waals surface area contributed by atoms with Crippen LogP contribution >= 0.6 is 0 Å². The Morgan fingerprint density at radius 2 is 1.39 bits per heavy atom. The summed E-state index contributed by atoms with van der Waals surface area (Å²) in [4.78, 5) is 26.1. The van der Waals surface area contributed by atoms with E-state index in [4.69, 9.17) is 4.74 Å². The first kappa shape index (κ1) is 27.0. The van der Waals surface area contributed by atoms with Crippen LogP contribution in [0.15, 0.2) is 78.9 Å². The summed E-state index contributed by atoms with van der Waals surface area (Å²) in [6.07, 6.45) is 0.368. The van der Waals surface area contributed by atoms with Gasteiger partial charge in [0, 0.05) is 17.5 Å². The van der Waals surface area contributed by atoms with Crippen LogP contribution in [0.4, 0.5) is 0 Å². The predicted octanol–water partition coefficient (Wildman–Crippen LogP) is 5.82. The lowest BCUT2D eigenvalue weighted by atomic mass is 9.86. The average molecular weight is 487 g/mol. The van der Waals surface area contributed by atoms with Crippen LogP contribution in [0.5, 0.6) is 5.75 Å². The molecule has 190 valence electrons. The first-order valence-corrected chi connectivity index (χ1v) is 12.4. The molecule has 0 saturated heterocycles. The Bertz CT molecular complexity index is 1140. The maximum Gasteiger partial charge on any atom is 0.251 e. The summed E-state index contributed by atoms with van der Waals surface area (Å²) >= 11 is 0. The normalized spacial score (nSPS) is 12.5. The minimum atomic E-state index is -0.713. The molecule has 0 bridgehead atoms. The van der Waals surface area contributed by atoms with Gasteiger partial charge in [0.1, 0.15) is 18.4 Å². The van der Waals surface area contributed by atoms with Crippen molar-refractivity contribution in [3.05, 3.63) is 101 Å². The number of amides is 2. The predicted molar refractivity (Wildman–Crippen MR) is 145 cm³/mol. The number of rotatable bonds is 8. The van der Waals surface area contributed by atoms with Gasteiger partial charge in [0.05, 0.1) is 0 Å². The molecule has 3 rings (SSSR count). The first-order chi connectivity index (χ1) is 16.9. The van der Waals surface area contributed by atoms with Gasteiger partial charge < -0.3 is 15.4 Å². The molecule has 0 fully saturated rings. The molecule has 2 N–H and O–H groups in total. The Kier molecular flexibility index (Phi) is 8.57. The third kappa shape index (κ3) is 8.26. The van der Waals surface area contributed by atoms with Crippen LogP contribution in [0.25, 0.3) is 0 Å². The highest BCUT2D eigenvalue weighted by Crippen LogP contribution is 2.22. The van der Waals surface area contributed by atoms with Crippen molar-refractivity contribution in [1.29, 1.82) is 0 Å². The van der Waals surface area contributed by atoms with Gasteiger partial charge in [0.2, 0.25) is 5.91 Å². The molecule has 0 radical (unpaired) electrons. The quantitative estimate of drug-likeness (QED) is 0.422. The van der Waals surface area contributed by atoms with Crippen LogP contribution in [0.3, 0.4) is 0 Å². The molecule has 0 unspecified atom stereocenters. The molecular formula is C31H38N2O3. The van der Waals surface area contributed by atoms with Crippen molar-refractivity contribution in [2.24, 2.45) is 0 Å². The average Bonchev–Trinajstić information content (AvgIpc) is 2.82. The SMILES string of the molecule is CC(C)(C)NC(=O)[C@H](Cc1ccc(OCc2ccccc2)cc1)NC(=O)c1ccc(C(C)(C)C)cc1. The fourth-order valence-corrected chi connectivity index (χ4v) is 3.73. The van der Waals surface area contributed by atoms with E-state index in [2.05, 4.69) is 31.4 Å². The number of carbonyl (C=O) groups excluding carboxylic acids is 2. The number of nitrogens with one attached hydrogen (secondary N) is 2. The summed E-state index contributed by atoms with van der Waals surface area (Å²) in [6.45, 7) is 12.7. The second-order valence-electron chi connectivity index (χ2n) is 11.2. The molecule has 0 heterocycles. The molecule has 0 aliphatic heterocycles. The molecule has 36 heavy (non-hydrogen) atoms. The van der Waals surface area contributed by atoms with Crippen molar-refractivity contribution >= 4 is 11.8 Å². The smallest absolute Gasteiger partial charge is 0.251 e. The zero-order valence-electron chi connectivity index (χ0n) is 22.2. The molecule has 5 nitrogen and oxygen atoms in total. The molecule has 0 aliphatic rings. The van der Waals surface area contributed by atoms with E-state index in [9.17, 15) is 9.59 Å². The second kappa shape index (κ2) is 11.4. The van der Waals surface area contributed by atoms with Crippen LogP contribution in [0, 0.1) is 0 Å². The Labute approximate surface area is 215 Å². The first-order valence-electron chi connectivity index (χ1n) is 12.4. The van der Waals surface area contributed by atoms with Crippen molar-refractivity contribution in [3.63, 3.8) is 0 Å². The third-order valence-corrected chi connectivity index (χ3v) is 5.74. The molecular weight excluding hydrogens is 448 g/mol. The molecule has 2 amide bonds. The van der Waals surface area contributed by atoms with E-state index in [0.717, 1.165) is 22.4 Å². The van der Waals surface area contributed by atoms with Crippen LogP contribution in [0.2, 0.25) is 0 Å². The molecule has 0 aromatic heterocycles. The summed E-state index contributed by atoms with van der Waals surface area (Å²) in [7, 11) is 0. The Hall–Kier alpha value is -3.60. The van der Waals surface area contributed by atoms with Gasteiger partial charge >= 0.3 is 0 Å². The maximum atomic E-state index is 13.1. The van der Waals surface area contributed by atoms with E-state index in [0.29, 0.717) is 18.6 Å². The maximum absolute atomic E-state index is 13.1. The summed E-state index contributed by atoms with van der Waals surface area (Å²) in [5.41, 5.74) is 3.29. The fraction of sp³-hybridized carbons (Fsp3) is 0.355. The Morgan fingerprint density at radius 3 is 1.94 bits per heavy atom. The summed E-state index contributed by atoms with van der Waals surface area (Å²) in [5, 5.41) is 5.94. The van der Waals surface area contributed by atoms with Crippen molar-refractivity contribution in [2.45, 2.75) is 71.6 Å². The van der Waals surface area contributed by atoms with E-state index in [1.807, 2.05) is 99.6 Å². The molecule has 0 saturated carbocycles. The number of benzene rings is 3. The van der Waals surface area contributed by atoms with E-state index in [-0.39, 0.29) is 17.2 Å². The van der Waals surface area contributed by atoms with E-state index < -0.39 is 11.6 Å². The van der Waals surface area contributed by atoms with Crippen molar-refractivity contribution in [2.75, 3.05) is 0 Å². The Morgan fingerprint density at radius 1 is 0.778 bits per heavy atom. The van der Waals surface area contributed by atoms with Gasteiger partial charge in [-0.1, -0.05) is 75.4 Å². The Balaban J connectivity index is 1.70. The van der Waals surface area contributed by atoms with Crippen molar-refractivity contribution in [1.82, 2.24) is 10.6 Å². The lowest BCUT2D eigenvalue weighted by Gasteiger charge is -2.26. The van der Waals surface area contributed by atoms with Crippen molar-refractivity contribution in [3.8, 4) is 5.75 Å². The lowest BCUT2D eigenvalue weighted by molar-refractivity contribution is -0.124. The molecule has 0 aliphatic carbocycles. The number of hydrogen-bond donors (Lipinski definition) is 2. The van der Waals surface area contributed by atoms with Gasteiger partial charge in [-0.05, 0) is 67.1 Å². The topological polar surface area (TPSA) is 67.4 Å². The van der Waals surface area contributed by atoms with Gasteiger partial charge in [-0.25, -0.2) is 0 Å². The zero-order chi connectivity index (χ0) is 26.3. The monoisotopic (exact) mass is 486 g/mol. The molecule has 3 aromatic carbocycles. The van der Waals surface area contributed by atoms with Gasteiger partial charge in [-0.2, -0.15) is 0 Å². The highest BCUT2D eigenvalue weighted by Gasteiger charge is 2.25. The van der Waals surface area contributed by atoms with Crippen LogP contribution in [0.1, 0.15) is 68.6 Å². The van der Waals surface area contributed by atoms with Gasteiger partial charge in [-0.15, -0.1) is 0 Å². The van der Waals surface area contributed by atoms with Crippen LogP contribution < -0.4 is 15.4 Å². The molecule has 3 aromatic rings. The summed E-state index contributed by atoms with van der Waals surface area (Å²) in [6, 6.07) is 24.5. The minimum absolute atomic E-state index is 0.00110. The molecule has 0 spiro atoms. The van der Waals surface area contributed by atoms with Gasteiger partial charge in [-0.3, -0.25) is 9.59 Å². The fourth-order valence-electron chi connectivity index (χ4n) is 3.73. The number of hydrogen-bond acceptors (Lipinski definition) is 3. The van der Waals surface area contributed by atoms with Crippen molar-refractivity contribution < 1.29 is 14.3 Å². The van der Waals surface area contributed by atoms with E-state index >= 15 is 0 Å². The third-order valence-electron chi connectivity index (χ3n) is 5.74. The van der Waals surface area contributed by atoms with Gasteiger partial charge in [0.25, 0.3) is 5.91 Å². The largest absolute Gasteiger partial charge is 0.489 e. The van der Waals surface area contributed by atoms with Crippen LogP contribution in [-0.2, 0) is 23.2 Å². The zero-order valence-corrected chi connectivity index (χ0v) is 22.2. The minimum Gasteiger partial charge on any atom is -0.489 e. The van der Waals surface area contributed by atoms with Crippen LogP contribution in [-0.4, -0.2) is 23.4 Å². The van der Waals surface area contributed by atoms with E-state index in [1.165, 1.54) is 0 Å². The standard InChI is InChI=1S/C31H38N2O3/c1-30(2,3)25-16-14-24(15-17-25)28(34)32-27(29(35)33-31(4,5)6)20-22-12-18-26(19-13-22)36-21-23-10-8-7-9-11-23/h7-19,27H,20-21H2,1-6H3,(H,32,34)(H,33,35)/t27-/m0/s1. The lowest BCUT2D eigenvalue weighted by Crippen LogP contribution is -2.53. The van der Waals surface area contributed by atoms with Gasteiger partial charge in [0.15, 0.2) is 0 Å². The molecule has 5 heteroatoms.